The number of unbranched alkanes of at least 4 members (excludes halogenated alkanes) is 36. The van der Waals surface area contributed by atoms with E-state index in [-0.39, 0.29) is 0 Å². The second kappa shape index (κ2) is 40.7. The maximum atomic E-state index is 2.93. The maximum absolute atomic E-state index is 2.93. The van der Waals surface area contributed by atoms with Crippen molar-refractivity contribution in [3.05, 3.63) is 0 Å². The topological polar surface area (TPSA) is 3.24 Å². The van der Waals surface area contributed by atoms with E-state index in [9.17, 15) is 0 Å². The Morgan fingerprint density at radius 2 is 0.429 bits per heavy atom. The average molecular weight is 690 g/mol. The minimum atomic E-state index is 0.368. The van der Waals surface area contributed by atoms with Gasteiger partial charge in [-0.3, -0.25) is 4.90 Å². The molecule has 0 saturated carbocycles. The van der Waals surface area contributed by atoms with Crippen LogP contribution < -0.4 is 0 Å². The van der Waals surface area contributed by atoms with Crippen molar-refractivity contribution >= 4 is 0 Å². The Hall–Kier alpha value is -0.0400. The molecule has 0 N–H and O–H groups in total. The summed E-state index contributed by atoms with van der Waals surface area (Å²) in [6.45, 7) is 14.8. The molecule has 0 radical (unpaired) electrons. The number of nitrogens with zero attached hydrogens (tertiary/aromatic N) is 1. The van der Waals surface area contributed by atoms with E-state index in [4.69, 9.17) is 0 Å². The Kier molecular flexibility index (Phi) is 40.7. The molecular weight excluding hydrogens is 591 g/mol. The summed E-state index contributed by atoms with van der Waals surface area (Å²) in [6, 6.07) is 0. The zero-order valence-corrected chi connectivity index (χ0v) is 35.6. The van der Waals surface area contributed by atoms with Crippen LogP contribution in [0.2, 0.25) is 0 Å². The molecule has 0 saturated heterocycles. The van der Waals surface area contributed by atoms with Gasteiger partial charge in [-0.2, -0.15) is 0 Å². The van der Waals surface area contributed by atoms with Gasteiger partial charge in [0.25, 0.3) is 0 Å². The van der Waals surface area contributed by atoms with Gasteiger partial charge < -0.3 is 0 Å². The summed E-state index contributed by atoms with van der Waals surface area (Å²) >= 11 is 0. The van der Waals surface area contributed by atoms with Crippen molar-refractivity contribution in [2.24, 2.45) is 0 Å². The van der Waals surface area contributed by atoms with Crippen molar-refractivity contribution in [1.82, 2.24) is 4.90 Å². The average Bonchev–Trinajstić information content (AvgIpc) is 3.09. The Balaban J connectivity index is 4.15. The van der Waals surface area contributed by atoms with E-state index in [0.29, 0.717) is 5.54 Å². The van der Waals surface area contributed by atoms with Crippen molar-refractivity contribution < 1.29 is 0 Å². The first-order valence-corrected chi connectivity index (χ1v) is 23.8. The Bertz CT molecular complexity index is 548. The van der Waals surface area contributed by atoms with E-state index in [0.717, 1.165) is 0 Å². The summed E-state index contributed by atoms with van der Waals surface area (Å²) in [4.78, 5) is 2.93. The summed E-state index contributed by atoms with van der Waals surface area (Å²) in [7, 11) is 0. The maximum Gasteiger partial charge on any atom is 0.0153 e. The number of hydrogen-bond donors (Lipinski definition) is 0. The van der Waals surface area contributed by atoms with Crippen molar-refractivity contribution in [2.75, 3.05) is 13.1 Å². The lowest BCUT2D eigenvalue weighted by Crippen LogP contribution is -2.45. The third-order valence-electron chi connectivity index (χ3n) is 11.8. The minimum absolute atomic E-state index is 0.368. The highest BCUT2D eigenvalue weighted by molar-refractivity contribution is 4.81. The molecule has 0 aromatic carbocycles. The Morgan fingerprint density at radius 1 is 0.245 bits per heavy atom. The highest BCUT2D eigenvalue weighted by Gasteiger charge is 2.25. The van der Waals surface area contributed by atoms with Crippen LogP contribution in [-0.2, 0) is 0 Å². The van der Waals surface area contributed by atoms with Crippen LogP contribution >= 0.6 is 0 Å². The lowest BCUT2D eigenvalue weighted by Gasteiger charge is -2.39. The standard InChI is InChI=1S/C48H99N/c1-6-9-12-15-18-21-23-25-27-29-31-34-37-40-43-46-49(48(4,5)45-42-39-36-33-20-17-14-11-8-3)47-44-41-38-35-32-30-28-26-24-22-19-16-13-10-7-2/h6-47H2,1-5H3. The fourth-order valence-corrected chi connectivity index (χ4v) is 8.09. The first-order valence-electron chi connectivity index (χ1n) is 23.8. The van der Waals surface area contributed by atoms with Crippen LogP contribution in [-0.4, -0.2) is 23.5 Å². The van der Waals surface area contributed by atoms with Crippen LogP contribution in [0.4, 0.5) is 0 Å². The van der Waals surface area contributed by atoms with Gasteiger partial charge in [-0.15, -0.1) is 0 Å². The molecule has 49 heavy (non-hydrogen) atoms. The van der Waals surface area contributed by atoms with Gasteiger partial charge in [0, 0.05) is 5.54 Å². The molecule has 0 bridgehead atoms. The van der Waals surface area contributed by atoms with Crippen LogP contribution in [0.5, 0.6) is 0 Å². The van der Waals surface area contributed by atoms with E-state index >= 15 is 0 Å². The summed E-state index contributed by atoms with van der Waals surface area (Å²) in [6.07, 6.45) is 58.2. The molecular formula is C48H99N. The highest BCUT2D eigenvalue weighted by Crippen LogP contribution is 2.25. The van der Waals surface area contributed by atoms with Crippen molar-refractivity contribution in [2.45, 2.75) is 297 Å². The number of rotatable bonds is 43. The van der Waals surface area contributed by atoms with E-state index in [1.165, 1.54) is 270 Å². The summed E-state index contributed by atoms with van der Waals surface area (Å²) in [5.74, 6) is 0. The Morgan fingerprint density at radius 3 is 0.653 bits per heavy atom. The third kappa shape index (κ3) is 37.5. The van der Waals surface area contributed by atoms with Gasteiger partial charge in [-0.25, -0.2) is 0 Å². The quantitative estimate of drug-likeness (QED) is 0.0576. The van der Waals surface area contributed by atoms with Crippen molar-refractivity contribution in [3.8, 4) is 0 Å². The van der Waals surface area contributed by atoms with Crippen molar-refractivity contribution in [1.29, 1.82) is 0 Å². The second-order valence-corrected chi connectivity index (χ2v) is 17.3. The first-order chi connectivity index (χ1) is 24.1. The third-order valence-corrected chi connectivity index (χ3v) is 11.8. The predicted octanol–water partition coefficient (Wildman–Crippen LogP) is 17.7. The van der Waals surface area contributed by atoms with Gasteiger partial charge in [-0.05, 0) is 46.2 Å². The normalized spacial score (nSPS) is 12.1. The molecule has 0 amide bonds. The summed E-state index contributed by atoms with van der Waals surface area (Å²) in [5.41, 5.74) is 0.368. The molecule has 0 aromatic heterocycles. The van der Waals surface area contributed by atoms with Gasteiger partial charge in [0.2, 0.25) is 0 Å². The largest absolute Gasteiger partial charge is 0.298 e. The van der Waals surface area contributed by atoms with Gasteiger partial charge in [0.15, 0.2) is 0 Å². The molecule has 0 aliphatic rings. The monoisotopic (exact) mass is 690 g/mol. The van der Waals surface area contributed by atoms with Gasteiger partial charge in [0.05, 0.1) is 0 Å². The molecule has 0 spiro atoms. The fraction of sp³-hybridized carbons (Fsp3) is 1.00. The fourth-order valence-electron chi connectivity index (χ4n) is 8.09. The molecule has 0 unspecified atom stereocenters. The predicted molar refractivity (Wildman–Crippen MR) is 227 cm³/mol. The van der Waals surface area contributed by atoms with Crippen LogP contribution in [0.3, 0.4) is 0 Å². The molecule has 0 heterocycles. The van der Waals surface area contributed by atoms with Gasteiger partial charge >= 0.3 is 0 Å². The van der Waals surface area contributed by atoms with Gasteiger partial charge in [-0.1, -0.05) is 258 Å². The molecule has 0 aliphatic carbocycles. The molecule has 0 aromatic rings. The zero-order chi connectivity index (χ0) is 35.8. The molecule has 0 aliphatic heterocycles. The van der Waals surface area contributed by atoms with E-state index < -0.39 is 0 Å². The molecule has 0 fully saturated rings. The van der Waals surface area contributed by atoms with E-state index in [1.807, 2.05) is 0 Å². The van der Waals surface area contributed by atoms with Gasteiger partial charge in [0.1, 0.15) is 0 Å². The van der Waals surface area contributed by atoms with Crippen LogP contribution in [0.15, 0.2) is 0 Å². The zero-order valence-electron chi connectivity index (χ0n) is 35.6. The second-order valence-electron chi connectivity index (χ2n) is 17.3. The highest BCUT2D eigenvalue weighted by atomic mass is 15.2. The van der Waals surface area contributed by atoms with Crippen LogP contribution in [0.1, 0.15) is 291 Å². The molecule has 296 valence electrons. The lowest BCUT2D eigenvalue weighted by atomic mass is 9.92. The SMILES string of the molecule is CCCCCCCCCCCCCCCCCN(CCCCCCCCCCCCCCCCC)C(C)(C)CCCCCCCCCCC. The van der Waals surface area contributed by atoms with Crippen LogP contribution in [0.25, 0.3) is 0 Å². The van der Waals surface area contributed by atoms with E-state index in [2.05, 4.69) is 39.5 Å². The first kappa shape index (κ1) is 49.0. The molecule has 1 nitrogen and oxygen atoms in total. The van der Waals surface area contributed by atoms with Crippen molar-refractivity contribution in [3.63, 3.8) is 0 Å². The summed E-state index contributed by atoms with van der Waals surface area (Å²) in [5, 5.41) is 0. The minimum Gasteiger partial charge on any atom is -0.298 e. The lowest BCUT2D eigenvalue weighted by molar-refractivity contribution is 0.102. The summed E-state index contributed by atoms with van der Waals surface area (Å²) < 4.78 is 0. The smallest absolute Gasteiger partial charge is 0.0153 e. The number of hydrogen-bond acceptors (Lipinski definition) is 1. The Labute approximate surface area is 314 Å². The molecule has 1 heteroatoms. The molecule has 0 atom stereocenters. The molecule has 0 rings (SSSR count). The van der Waals surface area contributed by atoms with E-state index in [1.54, 1.807) is 0 Å². The van der Waals surface area contributed by atoms with Crippen LogP contribution in [0, 0.1) is 0 Å².